The first-order valence-corrected chi connectivity index (χ1v) is 7.22. The molecule has 96 valence electrons. The molecule has 0 heterocycles. The second kappa shape index (κ2) is 5.20. The molecule has 1 aliphatic rings. The van der Waals surface area contributed by atoms with Crippen LogP contribution in [0.5, 0.6) is 0 Å². The van der Waals surface area contributed by atoms with Crippen LogP contribution >= 0.6 is 34.8 Å². The van der Waals surface area contributed by atoms with Gasteiger partial charge in [-0.1, -0.05) is 53.0 Å². The number of rotatable bonds is 1. The van der Waals surface area contributed by atoms with Crippen LogP contribution in [0.3, 0.4) is 0 Å². The molecule has 2 aromatic rings. The van der Waals surface area contributed by atoms with Gasteiger partial charge in [0.15, 0.2) is 0 Å². The summed E-state index contributed by atoms with van der Waals surface area (Å²) in [4.78, 5) is 0. The molecule has 0 nitrogen and oxygen atoms in total. The zero-order valence-electron chi connectivity index (χ0n) is 10.1. The maximum atomic E-state index is 6.44. The van der Waals surface area contributed by atoms with Gasteiger partial charge in [-0.15, -0.1) is 0 Å². The lowest BCUT2D eigenvalue weighted by Gasteiger charge is -2.21. The molecule has 19 heavy (non-hydrogen) atoms. The van der Waals surface area contributed by atoms with E-state index in [9.17, 15) is 0 Å². The molecule has 0 unspecified atom stereocenters. The molecule has 1 aliphatic carbocycles. The highest BCUT2D eigenvalue weighted by molar-refractivity contribution is 6.34. The van der Waals surface area contributed by atoms with Crippen LogP contribution in [0.15, 0.2) is 47.5 Å². The van der Waals surface area contributed by atoms with Crippen LogP contribution in [-0.2, 0) is 6.42 Å². The molecule has 0 aliphatic heterocycles. The van der Waals surface area contributed by atoms with E-state index in [1.54, 1.807) is 0 Å². The summed E-state index contributed by atoms with van der Waals surface area (Å²) >= 11 is 18.4. The Labute approximate surface area is 127 Å². The summed E-state index contributed by atoms with van der Waals surface area (Å²) in [6.45, 7) is 0. The van der Waals surface area contributed by atoms with Gasteiger partial charge in [0.25, 0.3) is 0 Å². The lowest BCUT2D eigenvalue weighted by molar-refractivity contribution is 0.962. The van der Waals surface area contributed by atoms with Crippen molar-refractivity contribution in [1.82, 2.24) is 0 Å². The standard InChI is InChI=1S/C16H11Cl3/c17-12-4-1-10(2-5-12)16-14-7-6-13(18)9-11(14)3-8-15(16)19/h1-2,4-7,9H,3,8H2. The number of fused-ring (bicyclic) bond motifs is 1. The monoisotopic (exact) mass is 308 g/mol. The van der Waals surface area contributed by atoms with Crippen molar-refractivity contribution in [3.8, 4) is 0 Å². The fraction of sp³-hybridized carbons (Fsp3) is 0.125. The molecule has 0 amide bonds. The van der Waals surface area contributed by atoms with Crippen molar-refractivity contribution in [3.05, 3.63) is 74.2 Å². The van der Waals surface area contributed by atoms with Gasteiger partial charge in [0.1, 0.15) is 0 Å². The Kier molecular flexibility index (Phi) is 3.58. The fourth-order valence-electron chi connectivity index (χ4n) is 2.46. The van der Waals surface area contributed by atoms with Crippen LogP contribution in [0.4, 0.5) is 0 Å². The zero-order valence-corrected chi connectivity index (χ0v) is 12.4. The van der Waals surface area contributed by atoms with Crippen LogP contribution < -0.4 is 0 Å². The molecule has 0 aromatic heterocycles. The lowest BCUT2D eigenvalue weighted by Crippen LogP contribution is -2.03. The van der Waals surface area contributed by atoms with Gasteiger partial charge in [0.2, 0.25) is 0 Å². The number of allylic oxidation sites excluding steroid dienone is 1. The fourth-order valence-corrected chi connectivity index (χ4v) is 3.08. The summed E-state index contributed by atoms with van der Waals surface area (Å²) in [5.41, 5.74) is 4.61. The van der Waals surface area contributed by atoms with E-state index >= 15 is 0 Å². The molecule has 0 radical (unpaired) electrons. The van der Waals surface area contributed by atoms with Crippen molar-refractivity contribution in [2.24, 2.45) is 0 Å². The Balaban J connectivity index is 2.17. The summed E-state index contributed by atoms with van der Waals surface area (Å²) in [6.07, 6.45) is 1.79. The maximum Gasteiger partial charge on any atom is 0.0409 e. The molecule has 0 bridgehead atoms. The molecule has 0 spiro atoms. The first-order chi connectivity index (χ1) is 9.15. The van der Waals surface area contributed by atoms with Crippen LogP contribution in [-0.4, -0.2) is 0 Å². The summed E-state index contributed by atoms with van der Waals surface area (Å²) in [5, 5.41) is 2.40. The lowest BCUT2D eigenvalue weighted by atomic mass is 9.87. The smallest absolute Gasteiger partial charge is 0.0409 e. The largest absolute Gasteiger partial charge is 0.0884 e. The van der Waals surface area contributed by atoms with E-state index in [4.69, 9.17) is 34.8 Å². The van der Waals surface area contributed by atoms with Crippen molar-refractivity contribution >= 4 is 40.4 Å². The second-order valence-corrected chi connectivity index (χ2v) is 5.92. The highest BCUT2D eigenvalue weighted by Crippen LogP contribution is 2.38. The van der Waals surface area contributed by atoms with Gasteiger partial charge in [-0.2, -0.15) is 0 Å². The van der Waals surface area contributed by atoms with Crippen molar-refractivity contribution < 1.29 is 0 Å². The number of halogens is 3. The summed E-state index contributed by atoms with van der Waals surface area (Å²) in [6, 6.07) is 13.8. The normalized spacial score (nSPS) is 14.5. The van der Waals surface area contributed by atoms with Crippen molar-refractivity contribution in [1.29, 1.82) is 0 Å². The Morgan fingerprint density at radius 1 is 0.737 bits per heavy atom. The topological polar surface area (TPSA) is 0 Å². The summed E-state index contributed by atoms with van der Waals surface area (Å²) < 4.78 is 0. The highest BCUT2D eigenvalue weighted by atomic mass is 35.5. The minimum atomic E-state index is 0.729. The van der Waals surface area contributed by atoms with E-state index in [1.165, 1.54) is 11.1 Å². The third-order valence-corrected chi connectivity index (χ3v) is 4.22. The van der Waals surface area contributed by atoms with Gasteiger partial charge in [-0.25, -0.2) is 0 Å². The van der Waals surface area contributed by atoms with E-state index in [0.717, 1.165) is 39.1 Å². The predicted octanol–water partition coefficient (Wildman–Crippen LogP) is 5.94. The van der Waals surface area contributed by atoms with E-state index in [1.807, 2.05) is 42.5 Å². The second-order valence-electron chi connectivity index (χ2n) is 4.59. The number of aryl methyl sites for hydroxylation is 1. The van der Waals surface area contributed by atoms with Gasteiger partial charge < -0.3 is 0 Å². The molecule has 0 atom stereocenters. The van der Waals surface area contributed by atoms with E-state index < -0.39 is 0 Å². The number of hydrogen-bond donors (Lipinski definition) is 0. The predicted molar refractivity (Wildman–Crippen MR) is 83.1 cm³/mol. The van der Waals surface area contributed by atoms with Gasteiger partial charge >= 0.3 is 0 Å². The van der Waals surface area contributed by atoms with Crippen molar-refractivity contribution in [3.63, 3.8) is 0 Å². The maximum absolute atomic E-state index is 6.44. The van der Waals surface area contributed by atoms with Crippen LogP contribution in [0, 0.1) is 0 Å². The third-order valence-electron chi connectivity index (χ3n) is 3.35. The average Bonchev–Trinajstić information content (AvgIpc) is 2.40. The van der Waals surface area contributed by atoms with Gasteiger partial charge in [-0.3, -0.25) is 0 Å². The molecule has 0 N–H and O–H groups in total. The molecular formula is C16H11Cl3. The molecule has 0 saturated carbocycles. The van der Waals surface area contributed by atoms with E-state index in [2.05, 4.69) is 0 Å². The van der Waals surface area contributed by atoms with Gasteiger partial charge in [-0.05, 0) is 53.8 Å². The Morgan fingerprint density at radius 3 is 2.16 bits per heavy atom. The van der Waals surface area contributed by atoms with Gasteiger partial charge in [0, 0.05) is 20.7 Å². The Morgan fingerprint density at radius 2 is 1.42 bits per heavy atom. The Bertz CT molecular complexity index is 654. The Hall–Kier alpha value is -0.950. The SMILES string of the molecule is ClC1=C(c2ccc(Cl)cc2)c2ccc(Cl)cc2CC1. The molecule has 0 saturated heterocycles. The number of hydrogen-bond acceptors (Lipinski definition) is 0. The third kappa shape index (κ3) is 2.53. The van der Waals surface area contributed by atoms with Crippen LogP contribution in [0.1, 0.15) is 23.1 Å². The van der Waals surface area contributed by atoms with E-state index in [-0.39, 0.29) is 0 Å². The van der Waals surface area contributed by atoms with Crippen molar-refractivity contribution in [2.75, 3.05) is 0 Å². The number of benzene rings is 2. The first-order valence-electron chi connectivity index (χ1n) is 6.08. The molecule has 3 rings (SSSR count). The van der Waals surface area contributed by atoms with Gasteiger partial charge in [0.05, 0.1) is 0 Å². The molecular weight excluding hydrogens is 299 g/mol. The van der Waals surface area contributed by atoms with Crippen LogP contribution in [0.25, 0.3) is 5.57 Å². The summed E-state index contributed by atoms with van der Waals surface area (Å²) in [7, 11) is 0. The van der Waals surface area contributed by atoms with Crippen LogP contribution in [0.2, 0.25) is 10.0 Å². The quantitative estimate of drug-likeness (QED) is 0.611. The van der Waals surface area contributed by atoms with Crippen molar-refractivity contribution in [2.45, 2.75) is 12.8 Å². The first kappa shape index (κ1) is 13.1. The highest BCUT2D eigenvalue weighted by Gasteiger charge is 2.19. The molecule has 3 heteroatoms. The molecule has 2 aromatic carbocycles. The molecule has 0 fully saturated rings. The minimum Gasteiger partial charge on any atom is -0.0884 e. The minimum absolute atomic E-state index is 0.729. The van der Waals surface area contributed by atoms with E-state index in [0.29, 0.717) is 0 Å². The average molecular weight is 310 g/mol. The zero-order chi connectivity index (χ0) is 13.4. The summed E-state index contributed by atoms with van der Waals surface area (Å²) in [5.74, 6) is 0.